The van der Waals surface area contributed by atoms with Gasteiger partial charge in [-0.3, -0.25) is 0 Å². The number of rotatable bonds is 5. The quantitative estimate of drug-likeness (QED) is 0.291. The fraction of sp³-hybridized carbons (Fsp3) is 0.355. The highest BCUT2D eigenvalue weighted by molar-refractivity contribution is 5.97. The smallest absolute Gasteiger partial charge is 0.343 e. The van der Waals surface area contributed by atoms with Gasteiger partial charge < -0.3 is 19.6 Å². The van der Waals surface area contributed by atoms with Gasteiger partial charge in [0.25, 0.3) is 0 Å². The molecule has 1 saturated heterocycles. The van der Waals surface area contributed by atoms with Gasteiger partial charge >= 0.3 is 5.63 Å². The van der Waals surface area contributed by atoms with Crippen molar-refractivity contribution in [2.45, 2.75) is 71.5 Å². The Morgan fingerprint density at radius 2 is 1.70 bits per heavy atom. The monoisotopic (exact) mass is 539 g/mol. The zero-order chi connectivity index (χ0) is 28.4. The Morgan fingerprint density at radius 1 is 1.00 bits per heavy atom. The maximum absolute atomic E-state index is 13.2. The molecule has 1 atom stereocenters. The van der Waals surface area contributed by atoms with E-state index in [1.165, 1.54) is 6.33 Å². The molecule has 5 aromatic rings. The van der Waals surface area contributed by atoms with Crippen LogP contribution in [0.5, 0.6) is 0 Å². The first-order valence-electron chi connectivity index (χ1n) is 13.5. The van der Waals surface area contributed by atoms with Crippen LogP contribution in [0.25, 0.3) is 32.9 Å². The number of hydrogen-bond acceptors (Lipinski definition) is 8. The van der Waals surface area contributed by atoms with Crippen LogP contribution < -0.4 is 11.4 Å². The van der Waals surface area contributed by atoms with E-state index in [1.54, 1.807) is 10.7 Å². The van der Waals surface area contributed by atoms with Gasteiger partial charge in [0.2, 0.25) is 0 Å². The first-order chi connectivity index (χ1) is 19.0. The van der Waals surface area contributed by atoms with Crippen LogP contribution in [0.2, 0.25) is 0 Å². The molecular formula is C31H33N5O4. The van der Waals surface area contributed by atoms with Crippen LogP contribution in [-0.2, 0) is 15.9 Å². The summed E-state index contributed by atoms with van der Waals surface area (Å²) in [7, 11) is 0. The fourth-order valence-corrected chi connectivity index (χ4v) is 5.33. The topological polar surface area (TPSA) is 118 Å². The summed E-state index contributed by atoms with van der Waals surface area (Å²) in [6.45, 7) is 12.1. The number of nitrogens with two attached hydrogens (primary N) is 1. The van der Waals surface area contributed by atoms with Crippen LogP contribution in [0.15, 0.2) is 64.1 Å². The second-order valence-corrected chi connectivity index (χ2v) is 11.3. The normalized spacial score (nSPS) is 17.6. The van der Waals surface area contributed by atoms with Crippen molar-refractivity contribution in [3.63, 3.8) is 0 Å². The maximum Gasteiger partial charge on any atom is 0.343 e. The van der Waals surface area contributed by atoms with Gasteiger partial charge in [-0.1, -0.05) is 43.3 Å². The van der Waals surface area contributed by atoms with E-state index in [4.69, 9.17) is 24.7 Å². The molecule has 0 radical (unpaired) electrons. The fourth-order valence-electron chi connectivity index (χ4n) is 5.33. The number of benzene rings is 2. The molecule has 0 amide bonds. The molecular weight excluding hydrogens is 506 g/mol. The molecule has 3 aromatic heterocycles. The molecule has 1 unspecified atom stereocenters. The van der Waals surface area contributed by atoms with E-state index in [1.807, 2.05) is 84.0 Å². The van der Waals surface area contributed by atoms with E-state index >= 15 is 0 Å². The van der Waals surface area contributed by atoms with Gasteiger partial charge in [0.15, 0.2) is 11.9 Å². The summed E-state index contributed by atoms with van der Waals surface area (Å²) in [4.78, 5) is 21.9. The number of ether oxygens (including phenoxy) is 2. The van der Waals surface area contributed by atoms with E-state index in [9.17, 15) is 4.79 Å². The summed E-state index contributed by atoms with van der Waals surface area (Å²) in [5.74, 6) is 0.842. The average molecular weight is 540 g/mol. The van der Waals surface area contributed by atoms with Crippen molar-refractivity contribution < 1.29 is 13.9 Å². The summed E-state index contributed by atoms with van der Waals surface area (Å²) < 4.78 is 20.5. The molecule has 0 spiro atoms. The minimum atomic E-state index is -0.533. The van der Waals surface area contributed by atoms with Crippen LogP contribution in [-0.4, -0.2) is 31.0 Å². The SMILES string of the molecule is CCc1nn(C(C)c2oc(=O)c3ccccc3c2-c2cccc(C3OC(C)(C)C(C)(C)O3)c2)c2ncnc(N)c12. The van der Waals surface area contributed by atoms with E-state index in [2.05, 4.69) is 9.97 Å². The third kappa shape index (κ3) is 4.00. The van der Waals surface area contributed by atoms with Crippen molar-refractivity contribution in [2.75, 3.05) is 5.73 Å². The standard InChI is InChI=1S/C31H33N5O4/c1-7-22-24-26(32)33-16-34-27(24)36(35-22)17(2)25-23(20-13-8-9-14-21(20)28(37)38-25)18-11-10-12-19(15-18)29-39-30(3,4)31(5,6)40-29/h8-17,29H,7H2,1-6H3,(H2,32,33,34). The number of nitrogens with zero attached hydrogens (tertiary/aromatic N) is 4. The van der Waals surface area contributed by atoms with E-state index in [-0.39, 0.29) is 0 Å². The van der Waals surface area contributed by atoms with Crippen molar-refractivity contribution in [2.24, 2.45) is 0 Å². The van der Waals surface area contributed by atoms with Gasteiger partial charge in [0.1, 0.15) is 23.9 Å². The highest BCUT2D eigenvalue weighted by Gasteiger charge is 2.49. The van der Waals surface area contributed by atoms with Crippen LogP contribution in [0.1, 0.15) is 70.9 Å². The minimum absolute atomic E-state index is 0.371. The van der Waals surface area contributed by atoms with Crippen molar-refractivity contribution >= 4 is 27.6 Å². The molecule has 2 N–H and O–H groups in total. The summed E-state index contributed by atoms with van der Waals surface area (Å²) in [6.07, 6.45) is 1.54. The third-order valence-corrected chi connectivity index (χ3v) is 8.24. The van der Waals surface area contributed by atoms with Crippen molar-refractivity contribution in [1.82, 2.24) is 19.7 Å². The molecule has 1 aliphatic heterocycles. The Balaban J connectivity index is 1.56. The zero-order valence-electron chi connectivity index (χ0n) is 23.6. The third-order valence-electron chi connectivity index (χ3n) is 8.24. The Bertz CT molecular complexity index is 1800. The molecule has 0 saturated carbocycles. The largest absolute Gasteiger partial charge is 0.424 e. The number of hydrogen-bond donors (Lipinski definition) is 1. The number of nitrogen functional groups attached to an aromatic ring is 1. The molecule has 206 valence electrons. The molecule has 6 rings (SSSR count). The number of anilines is 1. The summed E-state index contributed by atoms with van der Waals surface area (Å²) in [5.41, 5.74) is 8.78. The van der Waals surface area contributed by atoms with Crippen molar-refractivity contribution in [3.05, 3.63) is 82.3 Å². The van der Waals surface area contributed by atoms with E-state index in [0.717, 1.165) is 27.8 Å². The Hall–Kier alpha value is -4.08. The second-order valence-electron chi connectivity index (χ2n) is 11.3. The van der Waals surface area contributed by atoms with Crippen LogP contribution in [0.4, 0.5) is 5.82 Å². The Morgan fingerprint density at radius 3 is 2.40 bits per heavy atom. The van der Waals surface area contributed by atoms with Gasteiger partial charge in [-0.15, -0.1) is 0 Å². The van der Waals surface area contributed by atoms with Gasteiger partial charge in [-0.25, -0.2) is 19.4 Å². The highest BCUT2D eigenvalue weighted by atomic mass is 16.7. The second kappa shape index (κ2) is 9.25. The lowest BCUT2D eigenvalue weighted by atomic mass is 9.90. The molecule has 0 bridgehead atoms. The Kier molecular flexibility index (Phi) is 6.05. The van der Waals surface area contributed by atoms with Gasteiger partial charge in [0.05, 0.1) is 27.7 Å². The average Bonchev–Trinajstić information content (AvgIpc) is 3.42. The molecule has 9 heteroatoms. The minimum Gasteiger partial charge on any atom is -0.424 e. The highest BCUT2D eigenvalue weighted by Crippen LogP contribution is 2.46. The molecule has 1 fully saturated rings. The van der Waals surface area contributed by atoms with Gasteiger partial charge in [0, 0.05) is 16.5 Å². The van der Waals surface area contributed by atoms with Gasteiger partial charge in [-0.2, -0.15) is 5.10 Å². The number of aryl methyl sites for hydroxylation is 1. The first-order valence-corrected chi connectivity index (χ1v) is 13.5. The van der Waals surface area contributed by atoms with Crippen molar-refractivity contribution in [1.29, 1.82) is 0 Å². The first kappa shape index (κ1) is 26.2. The number of fused-ring (bicyclic) bond motifs is 2. The predicted octanol–water partition coefficient (Wildman–Crippen LogP) is 5.96. The Labute approximate surface area is 231 Å². The molecule has 40 heavy (non-hydrogen) atoms. The predicted molar refractivity (Wildman–Crippen MR) is 154 cm³/mol. The van der Waals surface area contributed by atoms with Gasteiger partial charge in [-0.05, 0) is 58.7 Å². The van der Waals surface area contributed by atoms with Crippen LogP contribution in [0.3, 0.4) is 0 Å². The lowest BCUT2D eigenvalue weighted by molar-refractivity contribution is -0.0895. The molecule has 4 heterocycles. The molecule has 1 aliphatic rings. The summed E-state index contributed by atoms with van der Waals surface area (Å²) >= 11 is 0. The lowest BCUT2D eigenvalue weighted by Crippen LogP contribution is -2.41. The lowest BCUT2D eigenvalue weighted by Gasteiger charge is -2.30. The van der Waals surface area contributed by atoms with Crippen LogP contribution in [0, 0.1) is 0 Å². The molecule has 9 nitrogen and oxygen atoms in total. The summed E-state index contributed by atoms with van der Waals surface area (Å²) in [6, 6.07) is 15.0. The maximum atomic E-state index is 13.2. The summed E-state index contributed by atoms with van der Waals surface area (Å²) in [5, 5.41) is 6.83. The zero-order valence-corrected chi connectivity index (χ0v) is 23.6. The van der Waals surface area contributed by atoms with E-state index in [0.29, 0.717) is 34.4 Å². The van der Waals surface area contributed by atoms with E-state index < -0.39 is 29.2 Å². The van der Waals surface area contributed by atoms with Crippen LogP contribution >= 0.6 is 0 Å². The molecule has 0 aliphatic carbocycles. The molecule has 2 aromatic carbocycles. The van der Waals surface area contributed by atoms with Crippen molar-refractivity contribution in [3.8, 4) is 11.1 Å². The number of aromatic nitrogens is 4.